The van der Waals surface area contributed by atoms with Crippen LogP contribution in [0.15, 0.2) is 30.6 Å². The van der Waals surface area contributed by atoms with Gasteiger partial charge in [-0.2, -0.15) is 0 Å². The Morgan fingerprint density at radius 1 is 1.43 bits per heavy atom. The molecule has 21 heavy (non-hydrogen) atoms. The number of rotatable bonds is 3. The highest BCUT2D eigenvalue weighted by atomic mass is 19.1. The molecule has 1 aromatic carbocycles. The van der Waals surface area contributed by atoms with Gasteiger partial charge in [0, 0.05) is 51.2 Å². The first kappa shape index (κ1) is 14.2. The number of piperazine rings is 1. The minimum absolute atomic E-state index is 0.127. The number of benzene rings is 1. The fourth-order valence-electron chi connectivity index (χ4n) is 2.93. The summed E-state index contributed by atoms with van der Waals surface area (Å²) in [5.74, 6) is 0.896. The molecule has 2 aromatic rings. The SMILES string of the molecule is Cc1ccc(F)c(CN2CCNCC2c2nccn2C)c1. The number of hydrogen-bond donors (Lipinski definition) is 1. The first-order valence-corrected chi connectivity index (χ1v) is 7.32. The molecule has 1 aliphatic heterocycles. The molecule has 0 amide bonds. The first-order valence-electron chi connectivity index (χ1n) is 7.32. The standard InChI is InChI=1S/C16H21FN4/c1-12-3-4-14(17)13(9-12)11-21-8-5-18-10-15(21)16-19-6-7-20(16)2/h3-4,6-7,9,15,18H,5,8,10-11H2,1-2H3. The van der Waals surface area contributed by atoms with Crippen LogP contribution in [0.25, 0.3) is 0 Å². The van der Waals surface area contributed by atoms with Crippen LogP contribution in [0.3, 0.4) is 0 Å². The van der Waals surface area contributed by atoms with E-state index >= 15 is 0 Å². The number of nitrogens with zero attached hydrogens (tertiary/aromatic N) is 3. The largest absolute Gasteiger partial charge is 0.337 e. The molecule has 0 spiro atoms. The summed E-state index contributed by atoms with van der Waals surface area (Å²) in [6, 6.07) is 5.49. The van der Waals surface area contributed by atoms with Gasteiger partial charge in [0.25, 0.3) is 0 Å². The smallest absolute Gasteiger partial charge is 0.127 e. The van der Waals surface area contributed by atoms with Crippen molar-refractivity contribution in [2.45, 2.75) is 19.5 Å². The van der Waals surface area contributed by atoms with Crippen molar-refractivity contribution < 1.29 is 4.39 Å². The second-order valence-electron chi connectivity index (χ2n) is 5.68. The van der Waals surface area contributed by atoms with Gasteiger partial charge in [-0.15, -0.1) is 0 Å². The first-order chi connectivity index (χ1) is 10.1. The molecule has 1 unspecified atom stereocenters. The fraction of sp³-hybridized carbons (Fsp3) is 0.438. The molecule has 0 saturated carbocycles. The maximum absolute atomic E-state index is 14.0. The average Bonchev–Trinajstić information content (AvgIpc) is 2.90. The highest BCUT2D eigenvalue weighted by Gasteiger charge is 2.27. The van der Waals surface area contributed by atoms with E-state index in [1.54, 1.807) is 6.07 Å². The summed E-state index contributed by atoms with van der Waals surface area (Å²) in [5.41, 5.74) is 1.85. The van der Waals surface area contributed by atoms with Crippen LogP contribution in [0, 0.1) is 12.7 Å². The second-order valence-corrected chi connectivity index (χ2v) is 5.68. The van der Waals surface area contributed by atoms with Gasteiger partial charge in [-0.1, -0.05) is 17.7 Å². The Labute approximate surface area is 124 Å². The molecule has 0 radical (unpaired) electrons. The van der Waals surface area contributed by atoms with Crippen molar-refractivity contribution in [3.63, 3.8) is 0 Å². The highest BCUT2D eigenvalue weighted by Crippen LogP contribution is 2.23. The second kappa shape index (κ2) is 5.95. The van der Waals surface area contributed by atoms with Gasteiger partial charge < -0.3 is 9.88 Å². The van der Waals surface area contributed by atoms with Crippen LogP contribution in [0.2, 0.25) is 0 Å². The Balaban J connectivity index is 1.85. The third-order valence-electron chi connectivity index (χ3n) is 4.09. The van der Waals surface area contributed by atoms with Crippen molar-refractivity contribution in [1.29, 1.82) is 0 Å². The highest BCUT2D eigenvalue weighted by molar-refractivity contribution is 5.24. The van der Waals surface area contributed by atoms with Gasteiger partial charge in [0.15, 0.2) is 0 Å². The molecule has 1 saturated heterocycles. The maximum Gasteiger partial charge on any atom is 0.127 e. The number of hydrogen-bond acceptors (Lipinski definition) is 3. The molecule has 1 atom stereocenters. The quantitative estimate of drug-likeness (QED) is 0.938. The van der Waals surface area contributed by atoms with Crippen molar-refractivity contribution >= 4 is 0 Å². The van der Waals surface area contributed by atoms with Crippen molar-refractivity contribution in [1.82, 2.24) is 19.8 Å². The van der Waals surface area contributed by atoms with Crippen LogP contribution in [-0.4, -0.2) is 34.1 Å². The Hall–Kier alpha value is -1.72. The molecule has 1 aromatic heterocycles. The van der Waals surface area contributed by atoms with Crippen LogP contribution in [0.1, 0.15) is 23.0 Å². The molecular formula is C16H21FN4. The summed E-state index contributed by atoms with van der Waals surface area (Å²) in [7, 11) is 2.00. The maximum atomic E-state index is 14.0. The summed E-state index contributed by atoms with van der Waals surface area (Å²) >= 11 is 0. The predicted molar refractivity (Wildman–Crippen MR) is 80.4 cm³/mol. The van der Waals surface area contributed by atoms with E-state index in [9.17, 15) is 4.39 Å². The number of aryl methyl sites for hydroxylation is 2. The van der Waals surface area contributed by atoms with E-state index in [2.05, 4.69) is 15.2 Å². The van der Waals surface area contributed by atoms with Crippen molar-refractivity contribution in [3.05, 3.63) is 53.4 Å². The lowest BCUT2D eigenvalue weighted by atomic mass is 10.1. The molecule has 0 aliphatic carbocycles. The van der Waals surface area contributed by atoms with Crippen molar-refractivity contribution in [2.24, 2.45) is 7.05 Å². The number of aromatic nitrogens is 2. The van der Waals surface area contributed by atoms with Crippen LogP contribution < -0.4 is 5.32 Å². The Morgan fingerprint density at radius 3 is 3.05 bits per heavy atom. The van der Waals surface area contributed by atoms with Gasteiger partial charge in [-0.05, 0) is 13.0 Å². The Morgan fingerprint density at radius 2 is 2.29 bits per heavy atom. The number of nitrogens with one attached hydrogen (secondary N) is 1. The molecule has 1 fully saturated rings. The van der Waals surface area contributed by atoms with Gasteiger partial charge in [-0.25, -0.2) is 9.37 Å². The van der Waals surface area contributed by atoms with Gasteiger partial charge in [0.05, 0.1) is 6.04 Å². The predicted octanol–water partition coefficient (Wildman–Crippen LogP) is 2.01. The summed E-state index contributed by atoms with van der Waals surface area (Å²) < 4.78 is 16.0. The summed E-state index contributed by atoms with van der Waals surface area (Å²) in [4.78, 5) is 6.76. The molecule has 3 rings (SSSR count). The Bertz CT molecular complexity index is 622. The van der Waals surface area contributed by atoms with Crippen molar-refractivity contribution in [2.75, 3.05) is 19.6 Å². The molecule has 4 nitrogen and oxygen atoms in total. The third kappa shape index (κ3) is 2.99. The topological polar surface area (TPSA) is 33.1 Å². The molecule has 112 valence electrons. The Kier molecular flexibility index (Phi) is 4.03. The normalized spacial score (nSPS) is 19.9. The number of halogens is 1. The van der Waals surface area contributed by atoms with Crippen molar-refractivity contribution in [3.8, 4) is 0 Å². The lowest BCUT2D eigenvalue weighted by Crippen LogP contribution is -2.46. The third-order valence-corrected chi connectivity index (χ3v) is 4.09. The zero-order valence-corrected chi connectivity index (χ0v) is 12.5. The van der Waals surface area contributed by atoms with E-state index in [1.165, 1.54) is 0 Å². The lowest BCUT2D eigenvalue weighted by Gasteiger charge is -2.35. The van der Waals surface area contributed by atoms with Gasteiger partial charge in [-0.3, -0.25) is 4.90 Å². The molecule has 1 aliphatic rings. The fourth-order valence-corrected chi connectivity index (χ4v) is 2.93. The van der Waals surface area contributed by atoms with Gasteiger partial charge in [0.2, 0.25) is 0 Å². The monoisotopic (exact) mass is 288 g/mol. The summed E-state index contributed by atoms with van der Waals surface area (Å²) in [6.45, 7) is 5.28. The molecular weight excluding hydrogens is 267 g/mol. The minimum Gasteiger partial charge on any atom is -0.337 e. The van der Waals surface area contributed by atoms with E-state index in [0.29, 0.717) is 6.54 Å². The van der Waals surface area contributed by atoms with E-state index in [4.69, 9.17) is 0 Å². The van der Waals surface area contributed by atoms with E-state index in [0.717, 1.165) is 36.6 Å². The molecule has 5 heteroatoms. The molecule has 2 heterocycles. The minimum atomic E-state index is -0.127. The van der Waals surface area contributed by atoms with Crippen LogP contribution in [0.5, 0.6) is 0 Å². The summed E-state index contributed by atoms with van der Waals surface area (Å²) in [5, 5.41) is 3.40. The van der Waals surface area contributed by atoms with Gasteiger partial charge >= 0.3 is 0 Å². The van der Waals surface area contributed by atoms with Gasteiger partial charge in [0.1, 0.15) is 11.6 Å². The van der Waals surface area contributed by atoms with E-state index < -0.39 is 0 Å². The molecule has 1 N–H and O–H groups in total. The molecule has 0 bridgehead atoms. The summed E-state index contributed by atoms with van der Waals surface area (Å²) in [6.07, 6.45) is 3.77. The zero-order chi connectivity index (χ0) is 14.8. The lowest BCUT2D eigenvalue weighted by molar-refractivity contribution is 0.143. The van der Waals surface area contributed by atoms with Crippen LogP contribution in [-0.2, 0) is 13.6 Å². The zero-order valence-electron chi connectivity index (χ0n) is 12.5. The van der Waals surface area contributed by atoms with E-state index in [1.807, 2.05) is 43.1 Å². The van der Waals surface area contributed by atoms with Crippen LogP contribution in [0.4, 0.5) is 4.39 Å². The number of imidazole rings is 1. The van der Waals surface area contributed by atoms with E-state index in [-0.39, 0.29) is 11.9 Å². The average molecular weight is 288 g/mol. The van der Waals surface area contributed by atoms with Crippen LogP contribution >= 0.6 is 0 Å².